The van der Waals surface area contributed by atoms with Crippen LogP contribution in [0.25, 0.3) is 0 Å². The van der Waals surface area contributed by atoms with Crippen molar-refractivity contribution in [1.29, 1.82) is 0 Å². The van der Waals surface area contributed by atoms with Crippen molar-refractivity contribution in [3.8, 4) is 0 Å². The Kier molecular flexibility index (Phi) is 6.38. The van der Waals surface area contributed by atoms with Crippen molar-refractivity contribution in [1.82, 2.24) is 4.90 Å². The summed E-state index contributed by atoms with van der Waals surface area (Å²) < 4.78 is 0. The smallest absolute Gasteiger partial charge is 0.00901 e. The van der Waals surface area contributed by atoms with Gasteiger partial charge in [0.05, 0.1) is 0 Å². The molecule has 0 radical (unpaired) electrons. The van der Waals surface area contributed by atoms with E-state index in [1.807, 2.05) is 0 Å². The molecule has 0 unspecified atom stereocenters. The SMILES string of the molecule is CCC(CC)N(CC)CC(C)(C)CN. The molecule has 0 aliphatic carbocycles. The summed E-state index contributed by atoms with van der Waals surface area (Å²) in [5.74, 6) is 0. The highest BCUT2D eigenvalue weighted by Gasteiger charge is 2.22. The van der Waals surface area contributed by atoms with Crippen LogP contribution in [0.3, 0.4) is 0 Å². The zero-order valence-electron chi connectivity index (χ0n) is 10.6. The minimum Gasteiger partial charge on any atom is -0.330 e. The average Bonchev–Trinajstić information content (AvgIpc) is 2.18. The van der Waals surface area contributed by atoms with Gasteiger partial charge in [-0.25, -0.2) is 0 Å². The van der Waals surface area contributed by atoms with Gasteiger partial charge >= 0.3 is 0 Å². The molecule has 0 aliphatic heterocycles. The van der Waals surface area contributed by atoms with Crippen LogP contribution in [-0.4, -0.2) is 30.6 Å². The van der Waals surface area contributed by atoms with Crippen LogP contribution < -0.4 is 5.73 Å². The highest BCUT2D eigenvalue weighted by Crippen LogP contribution is 2.18. The lowest BCUT2D eigenvalue weighted by Crippen LogP contribution is -2.43. The normalized spacial score (nSPS) is 12.9. The number of hydrogen-bond acceptors (Lipinski definition) is 2. The summed E-state index contributed by atoms with van der Waals surface area (Å²) >= 11 is 0. The van der Waals surface area contributed by atoms with E-state index in [0.717, 1.165) is 25.7 Å². The fourth-order valence-electron chi connectivity index (χ4n) is 1.92. The van der Waals surface area contributed by atoms with Crippen molar-refractivity contribution in [2.75, 3.05) is 19.6 Å². The maximum atomic E-state index is 5.77. The van der Waals surface area contributed by atoms with Gasteiger partial charge in [0.15, 0.2) is 0 Å². The van der Waals surface area contributed by atoms with E-state index in [1.54, 1.807) is 0 Å². The zero-order chi connectivity index (χ0) is 11.2. The van der Waals surface area contributed by atoms with Crippen molar-refractivity contribution in [2.24, 2.45) is 11.1 Å². The molecule has 0 saturated heterocycles. The quantitative estimate of drug-likeness (QED) is 0.684. The number of nitrogens with zero attached hydrogens (tertiary/aromatic N) is 1. The van der Waals surface area contributed by atoms with Crippen LogP contribution in [-0.2, 0) is 0 Å². The first-order valence-electron chi connectivity index (χ1n) is 5.94. The van der Waals surface area contributed by atoms with Gasteiger partial charge in [0.2, 0.25) is 0 Å². The van der Waals surface area contributed by atoms with Gasteiger partial charge in [0, 0.05) is 12.6 Å². The van der Waals surface area contributed by atoms with Gasteiger partial charge in [-0.15, -0.1) is 0 Å². The van der Waals surface area contributed by atoms with Crippen molar-refractivity contribution in [3.05, 3.63) is 0 Å². The minimum absolute atomic E-state index is 0.249. The largest absolute Gasteiger partial charge is 0.330 e. The van der Waals surface area contributed by atoms with E-state index in [-0.39, 0.29) is 5.41 Å². The number of rotatable bonds is 7. The van der Waals surface area contributed by atoms with Crippen molar-refractivity contribution in [2.45, 2.75) is 53.5 Å². The molecule has 0 aromatic rings. The molecule has 14 heavy (non-hydrogen) atoms. The van der Waals surface area contributed by atoms with Gasteiger partial charge in [0.1, 0.15) is 0 Å². The third-order valence-corrected chi connectivity index (χ3v) is 3.05. The lowest BCUT2D eigenvalue weighted by atomic mass is 9.92. The molecule has 0 aliphatic rings. The molecule has 86 valence electrons. The molecular weight excluding hydrogens is 172 g/mol. The maximum absolute atomic E-state index is 5.77. The molecule has 0 aromatic heterocycles. The van der Waals surface area contributed by atoms with E-state index in [4.69, 9.17) is 5.73 Å². The first kappa shape index (κ1) is 13.9. The Morgan fingerprint density at radius 3 is 1.93 bits per heavy atom. The van der Waals surface area contributed by atoms with Gasteiger partial charge in [-0.05, 0) is 31.3 Å². The molecule has 2 N–H and O–H groups in total. The summed E-state index contributed by atoms with van der Waals surface area (Å²) in [7, 11) is 0. The molecule has 0 bridgehead atoms. The fraction of sp³-hybridized carbons (Fsp3) is 1.00. The van der Waals surface area contributed by atoms with Crippen LogP contribution in [0.15, 0.2) is 0 Å². The lowest BCUT2D eigenvalue weighted by Gasteiger charge is -2.36. The zero-order valence-corrected chi connectivity index (χ0v) is 10.6. The molecule has 2 nitrogen and oxygen atoms in total. The molecule has 0 rings (SSSR count). The van der Waals surface area contributed by atoms with Crippen LogP contribution in [0.2, 0.25) is 0 Å². The van der Waals surface area contributed by atoms with Gasteiger partial charge in [-0.1, -0.05) is 34.6 Å². The topological polar surface area (TPSA) is 29.3 Å². The Morgan fingerprint density at radius 1 is 1.14 bits per heavy atom. The molecular formula is C12H28N2. The third-order valence-electron chi connectivity index (χ3n) is 3.05. The monoisotopic (exact) mass is 200 g/mol. The molecule has 0 heterocycles. The van der Waals surface area contributed by atoms with Crippen molar-refractivity contribution < 1.29 is 0 Å². The Balaban J connectivity index is 4.26. The lowest BCUT2D eigenvalue weighted by molar-refractivity contribution is 0.132. The Hall–Kier alpha value is -0.0800. The third kappa shape index (κ3) is 4.43. The summed E-state index contributed by atoms with van der Waals surface area (Å²) in [6, 6.07) is 0.728. The van der Waals surface area contributed by atoms with Crippen LogP contribution in [0.4, 0.5) is 0 Å². The summed E-state index contributed by atoms with van der Waals surface area (Å²) in [5.41, 5.74) is 6.01. The van der Waals surface area contributed by atoms with E-state index in [2.05, 4.69) is 39.5 Å². The van der Waals surface area contributed by atoms with E-state index in [9.17, 15) is 0 Å². The van der Waals surface area contributed by atoms with E-state index < -0.39 is 0 Å². The number of hydrogen-bond donors (Lipinski definition) is 1. The standard InChI is InChI=1S/C12H28N2/c1-6-11(7-2)14(8-3)10-12(4,5)9-13/h11H,6-10,13H2,1-5H3. The second-order valence-corrected chi connectivity index (χ2v) is 4.90. The Bertz CT molecular complexity index is 139. The van der Waals surface area contributed by atoms with Crippen LogP contribution in [0.5, 0.6) is 0 Å². The second-order valence-electron chi connectivity index (χ2n) is 4.90. The summed E-state index contributed by atoms with van der Waals surface area (Å²) in [6.07, 6.45) is 2.48. The van der Waals surface area contributed by atoms with Gasteiger partial charge in [0.25, 0.3) is 0 Å². The Labute approximate surface area is 89.9 Å². The summed E-state index contributed by atoms with van der Waals surface area (Å²) in [6.45, 7) is 14.3. The van der Waals surface area contributed by atoms with E-state index >= 15 is 0 Å². The first-order valence-corrected chi connectivity index (χ1v) is 5.94. The number of nitrogens with two attached hydrogens (primary N) is 1. The highest BCUT2D eigenvalue weighted by atomic mass is 15.2. The van der Waals surface area contributed by atoms with Gasteiger partial charge in [-0.2, -0.15) is 0 Å². The molecule has 0 atom stereocenters. The molecule has 0 saturated carbocycles. The van der Waals surface area contributed by atoms with Crippen LogP contribution >= 0.6 is 0 Å². The molecule has 0 aromatic carbocycles. The van der Waals surface area contributed by atoms with Crippen molar-refractivity contribution >= 4 is 0 Å². The van der Waals surface area contributed by atoms with E-state index in [0.29, 0.717) is 0 Å². The van der Waals surface area contributed by atoms with Crippen molar-refractivity contribution in [3.63, 3.8) is 0 Å². The Morgan fingerprint density at radius 2 is 1.64 bits per heavy atom. The van der Waals surface area contributed by atoms with Crippen LogP contribution in [0.1, 0.15) is 47.5 Å². The molecule has 0 spiro atoms. The predicted molar refractivity (Wildman–Crippen MR) is 64.5 cm³/mol. The summed E-state index contributed by atoms with van der Waals surface area (Å²) in [4.78, 5) is 2.56. The van der Waals surface area contributed by atoms with Crippen LogP contribution in [0, 0.1) is 5.41 Å². The second kappa shape index (κ2) is 6.41. The summed E-state index contributed by atoms with van der Waals surface area (Å²) in [5, 5.41) is 0. The first-order chi connectivity index (χ1) is 6.50. The van der Waals surface area contributed by atoms with E-state index in [1.165, 1.54) is 12.8 Å². The van der Waals surface area contributed by atoms with Gasteiger partial charge < -0.3 is 10.6 Å². The average molecular weight is 200 g/mol. The maximum Gasteiger partial charge on any atom is 0.00901 e. The van der Waals surface area contributed by atoms with Gasteiger partial charge in [-0.3, -0.25) is 0 Å². The molecule has 0 fully saturated rings. The molecule has 0 amide bonds. The minimum atomic E-state index is 0.249. The molecule has 2 heteroatoms. The fourth-order valence-corrected chi connectivity index (χ4v) is 1.92. The highest BCUT2D eigenvalue weighted by molar-refractivity contribution is 4.78. The predicted octanol–water partition coefficient (Wildman–Crippen LogP) is 2.48.